The first-order valence-corrected chi connectivity index (χ1v) is 6.72. The summed E-state index contributed by atoms with van der Waals surface area (Å²) in [6, 6.07) is 0. The normalized spacial score (nSPS) is 24.4. The number of H-pyrrole nitrogens is 1. The second-order valence-electron chi connectivity index (χ2n) is 4.94. The first-order valence-electron chi connectivity index (χ1n) is 6.72. The van der Waals surface area contributed by atoms with Crippen LogP contribution in [0.3, 0.4) is 0 Å². The fourth-order valence-corrected chi connectivity index (χ4v) is 2.29. The van der Waals surface area contributed by atoms with Crippen LogP contribution in [-0.4, -0.2) is 41.4 Å². The van der Waals surface area contributed by atoms with E-state index in [1.807, 2.05) is 0 Å². The van der Waals surface area contributed by atoms with Gasteiger partial charge in [-0.1, -0.05) is 0 Å². The van der Waals surface area contributed by atoms with Gasteiger partial charge in [0.15, 0.2) is 0 Å². The van der Waals surface area contributed by atoms with Gasteiger partial charge in [0, 0.05) is 25.1 Å². The van der Waals surface area contributed by atoms with E-state index in [1.54, 1.807) is 6.92 Å². The van der Waals surface area contributed by atoms with E-state index in [4.69, 9.17) is 14.4 Å². The minimum absolute atomic E-state index is 0.0437. The largest absolute Gasteiger partial charge is 0.460 e. The Kier molecular flexibility index (Phi) is 5.11. The molecule has 1 aromatic rings. The smallest absolute Gasteiger partial charge is 0.330 e. The lowest BCUT2D eigenvalue weighted by Gasteiger charge is -2.17. The topological polar surface area (TPSA) is 109 Å². The Labute approximate surface area is 125 Å². The van der Waals surface area contributed by atoms with Crippen molar-refractivity contribution in [2.45, 2.75) is 38.7 Å². The van der Waals surface area contributed by atoms with Crippen molar-refractivity contribution in [2.75, 3.05) is 13.7 Å². The van der Waals surface area contributed by atoms with Crippen molar-refractivity contribution in [2.24, 2.45) is 0 Å². The molecule has 1 aliphatic heterocycles. The highest BCUT2D eigenvalue weighted by Gasteiger charge is 2.39. The van der Waals surface area contributed by atoms with Crippen molar-refractivity contribution in [1.82, 2.24) is 9.55 Å². The van der Waals surface area contributed by atoms with Crippen LogP contribution < -0.4 is 11.2 Å². The minimum Gasteiger partial charge on any atom is -0.460 e. The van der Waals surface area contributed by atoms with E-state index in [0.717, 1.165) is 0 Å². The van der Waals surface area contributed by atoms with Crippen molar-refractivity contribution < 1.29 is 24.0 Å². The van der Waals surface area contributed by atoms with E-state index in [-0.39, 0.29) is 13.0 Å². The van der Waals surface area contributed by atoms with Crippen LogP contribution in [-0.2, 0) is 24.0 Å². The number of rotatable bonds is 5. The maximum atomic E-state index is 11.9. The Morgan fingerprint density at radius 2 is 2.23 bits per heavy atom. The van der Waals surface area contributed by atoms with E-state index in [1.165, 1.54) is 24.8 Å². The fourth-order valence-electron chi connectivity index (χ4n) is 2.29. The molecular weight excluding hydrogens is 296 g/mol. The molecule has 0 aromatic carbocycles. The maximum absolute atomic E-state index is 11.9. The average Bonchev–Trinajstić information content (AvgIpc) is 2.82. The lowest BCUT2D eigenvalue weighted by Crippen LogP contribution is -2.33. The Morgan fingerprint density at radius 3 is 2.86 bits per heavy atom. The first kappa shape index (κ1) is 16.4. The molecule has 0 bridgehead atoms. The zero-order valence-electron chi connectivity index (χ0n) is 12.5. The maximum Gasteiger partial charge on any atom is 0.330 e. The standard InChI is InChI=1S/C13H18N2O7/c1-7-5-15(13(18)14-12(7)17)11-4-9(21-8(2)16)10(22-11)6-20-19-3/h5,9-11H,4,6H2,1-3H3,(H,14,17,18)/t9-,10+,11+/m0/s1. The van der Waals surface area contributed by atoms with Crippen LogP contribution in [0.4, 0.5) is 0 Å². The van der Waals surface area contributed by atoms with Crippen molar-refractivity contribution >= 4 is 5.97 Å². The zero-order valence-corrected chi connectivity index (χ0v) is 12.5. The molecule has 0 aliphatic carbocycles. The zero-order chi connectivity index (χ0) is 16.3. The predicted molar refractivity (Wildman–Crippen MR) is 73.1 cm³/mol. The number of aromatic amines is 1. The molecule has 9 nitrogen and oxygen atoms in total. The number of ether oxygens (including phenoxy) is 2. The molecule has 3 atom stereocenters. The minimum atomic E-state index is -0.669. The highest BCUT2D eigenvalue weighted by Crippen LogP contribution is 2.30. The number of aryl methyl sites for hydroxylation is 1. The summed E-state index contributed by atoms with van der Waals surface area (Å²) < 4.78 is 12.1. The van der Waals surface area contributed by atoms with Crippen molar-refractivity contribution in [3.05, 3.63) is 32.6 Å². The van der Waals surface area contributed by atoms with Gasteiger partial charge in [0.2, 0.25) is 0 Å². The van der Waals surface area contributed by atoms with Crippen LogP contribution in [0.5, 0.6) is 0 Å². The van der Waals surface area contributed by atoms with Crippen LogP contribution in [0.25, 0.3) is 0 Å². The van der Waals surface area contributed by atoms with Gasteiger partial charge in [-0.15, -0.1) is 0 Å². The molecule has 1 saturated heterocycles. The van der Waals surface area contributed by atoms with E-state index in [2.05, 4.69) is 9.87 Å². The number of nitrogens with zero attached hydrogens (tertiary/aromatic N) is 1. The number of esters is 1. The summed E-state index contributed by atoms with van der Waals surface area (Å²) in [4.78, 5) is 46.0. The summed E-state index contributed by atoms with van der Waals surface area (Å²) in [7, 11) is 1.35. The first-order chi connectivity index (χ1) is 10.4. The van der Waals surface area contributed by atoms with Gasteiger partial charge in [-0.05, 0) is 6.92 Å². The number of hydrogen-bond acceptors (Lipinski definition) is 7. The highest BCUT2D eigenvalue weighted by molar-refractivity contribution is 5.66. The Bertz CT molecular complexity index is 651. The molecule has 1 aliphatic rings. The molecule has 0 unspecified atom stereocenters. The molecule has 2 heterocycles. The quantitative estimate of drug-likeness (QED) is 0.449. The Balaban J connectivity index is 2.22. The number of nitrogens with one attached hydrogen (secondary N) is 1. The van der Waals surface area contributed by atoms with Gasteiger partial charge in [-0.3, -0.25) is 19.1 Å². The van der Waals surface area contributed by atoms with Gasteiger partial charge in [0.1, 0.15) is 25.0 Å². The Hall–Kier alpha value is -1.97. The van der Waals surface area contributed by atoms with E-state index >= 15 is 0 Å². The molecule has 122 valence electrons. The van der Waals surface area contributed by atoms with Crippen LogP contribution in [0, 0.1) is 6.92 Å². The molecule has 9 heteroatoms. The van der Waals surface area contributed by atoms with Crippen LogP contribution in [0.15, 0.2) is 15.8 Å². The number of aromatic nitrogens is 2. The van der Waals surface area contributed by atoms with E-state index < -0.39 is 35.7 Å². The van der Waals surface area contributed by atoms with Gasteiger partial charge in [-0.25, -0.2) is 14.6 Å². The van der Waals surface area contributed by atoms with E-state index in [9.17, 15) is 14.4 Å². The van der Waals surface area contributed by atoms with Gasteiger partial charge in [0.25, 0.3) is 5.56 Å². The summed E-state index contributed by atoms with van der Waals surface area (Å²) >= 11 is 0. The van der Waals surface area contributed by atoms with Gasteiger partial charge in [0.05, 0.1) is 7.11 Å². The fraction of sp³-hybridized carbons (Fsp3) is 0.615. The van der Waals surface area contributed by atoms with Crippen LogP contribution >= 0.6 is 0 Å². The average molecular weight is 314 g/mol. The Morgan fingerprint density at radius 1 is 1.50 bits per heavy atom. The van der Waals surface area contributed by atoms with Crippen LogP contribution in [0.2, 0.25) is 0 Å². The lowest BCUT2D eigenvalue weighted by molar-refractivity contribution is -0.290. The summed E-state index contributed by atoms with van der Waals surface area (Å²) in [5.41, 5.74) is -0.658. The summed E-state index contributed by atoms with van der Waals surface area (Å²) in [6.45, 7) is 2.92. The summed E-state index contributed by atoms with van der Waals surface area (Å²) in [5.74, 6) is -0.457. The van der Waals surface area contributed by atoms with Crippen molar-refractivity contribution in [1.29, 1.82) is 0 Å². The number of carbonyl (C=O) groups excluding carboxylic acids is 1. The van der Waals surface area contributed by atoms with Crippen molar-refractivity contribution in [3.8, 4) is 0 Å². The summed E-state index contributed by atoms with van der Waals surface area (Å²) in [6.07, 6.45) is -0.138. The van der Waals surface area contributed by atoms with Crippen molar-refractivity contribution in [3.63, 3.8) is 0 Å². The molecule has 1 aromatic heterocycles. The molecule has 0 amide bonds. The molecule has 0 radical (unpaired) electrons. The molecule has 1 fully saturated rings. The SMILES string of the molecule is COOC[C@H]1O[C@@H](n2cc(C)c(=O)[nH]c2=O)C[C@@H]1OC(C)=O. The number of hydrogen-bond donors (Lipinski definition) is 1. The lowest BCUT2D eigenvalue weighted by atomic mass is 10.2. The molecule has 0 spiro atoms. The molecule has 0 saturated carbocycles. The van der Waals surface area contributed by atoms with Gasteiger partial charge in [-0.2, -0.15) is 0 Å². The third-order valence-corrected chi connectivity index (χ3v) is 3.30. The van der Waals surface area contributed by atoms with Gasteiger partial charge >= 0.3 is 11.7 Å². The van der Waals surface area contributed by atoms with Crippen LogP contribution in [0.1, 0.15) is 25.1 Å². The third kappa shape index (κ3) is 3.62. The summed E-state index contributed by atoms with van der Waals surface area (Å²) in [5, 5.41) is 0. The van der Waals surface area contributed by atoms with Gasteiger partial charge < -0.3 is 9.47 Å². The second kappa shape index (κ2) is 6.86. The highest BCUT2D eigenvalue weighted by atomic mass is 17.2. The molecular formula is C13H18N2O7. The molecule has 22 heavy (non-hydrogen) atoms. The second-order valence-corrected chi connectivity index (χ2v) is 4.94. The van der Waals surface area contributed by atoms with E-state index in [0.29, 0.717) is 5.56 Å². The molecule has 2 rings (SSSR count). The monoisotopic (exact) mass is 314 g/mol. The molecule has 1 N–H and O–H groups in total. The number of carbonyl (C=O) groups is 1. The predicted octanol–water partition coefficient (Wildman–Crippen LogP) is -0.358. The third-order valence-electron chi connectivity index (χ3n) is 3.30.